The number of carbonyl (C=O) groups is 1. The third-order valence-electron chi connectivity index (χ3n) is 6.60. The van der Waals surface area contributed by atoms with Crippen LogP contribution in [-0.2, 0) is 23.6 Å². The van der Waals surface area contributed by atoms with Gasteiger partial charge in [-0.2, -0.15) is 0 Å². The van der Waals surface area contributed by atoms with Crippen molar-refractivity contribution < 1.29 is 9.53 Å². The quantitative estimate of drug-likeness (QED) is 0.789. The number of morpholine rings is 1. The Morgan fingerprint density at radius 2 is 1.68 bits per heavy atom. The van der Waals surface area contributed by atoms with Gasteiger partial charge in [-0.15, -0.1) is 0 Å². The monoisotopic (exact) mass is 422 g/mol. The summed E-state index contributed by atoms with van der Waals surface area (Å²) in [6, 6.07) is 8.09. The highest BCUT2D eigenvalue weighted by Crippen LogP contribution is 2.43. The topological polar surface area (TPSA) is 85.6 Å². The van der Waals surface area contributed by atoms with Gasteiger partial charge >= 0.3 is 5.69 Å². The molecule has 8 heteroatoms. The highest BCUT2D eigenvalue weighted by molar-refractivity contribution is 6.00. The van der Waals surface area contributed by atoms with Crippen molar-refractivity contribution in [1.82, 2.24) is 9.13 Å². The summed E-state index contributed by atoms with van der Waals surface area (Å²) in [4.78, 5) is 41.0. The van der Waals surface area contributed by atoms with E-state index in [2.05, 4.69) is 10.2 Å². The predicted octanol–water partition coefficient (Wildman–Crippen LogP) is 1.49. The lowest BCUT2D eigenvalue weighted by Crippen LogP contribution is -2.44. The number of hydrogen-bond acceptors (Lipinski definition) is 6. The van der Waals surface area contributed by atoms with Gasteiger partial charge in [0.25, 0.3) is 5.56 Å². The second-order valence-electron chi connectivity index (χ2n) is 8.39. The molecule has 1 aliphatic carbocycles. The third-order valence-corrected chi connectivity index (χ3v) is 6.60. The van der Waals surface area contributed by atoms with Crippen LogP contribution in [-0.4, -0.2) is 41.2 Å². The van der Waals surface area contributed by atoms with Crippen LogP contribution >= 0.6 is 0 Å². The fourth-order valence-corrected chi connectivity index (χ4v) is 4.93. The van der Waals surface area contributed by atoms with E-state index in [1.807, 2.05) is 24.3 Å². The molecule has 31 heavy (non-hydrogen) atoms. The minimum Gasteiger partial charge on any atom is -0.378 e. The van der Waals surface area contributed by atoms with E-state index in [-0.39, 0.29) is 17.0 Å². The molecule has 1 aromatic heterocycles. The van der Waals surface area contributed by atoms with Gasteiger partial charge in [-0.05, 0) is 30.5 Å². The number of hydrogen-bond donors (Lipinski definition) is 1. The van der Waals surface area contributed by atoms with Crippen LogP contribution in [0.25, 0.3) is 0 Å². The molecular weight excluding hydrogens is 396 g/mol. The van der Waals surface area contributed by atoms with E-state index >= 15 is 0 Å². The van der Waals surface area contributed by atoms with Gasteiger partial charge in [0, 0.05) is 56.5 Å². The lowest BCUT2D eigenvalue weighted by Gasteiger charge is -2.34. The summed E-state index contributed by atoms with van der Waals surface area (Å²) in [6.45, 7) is 3.09. The average Bonchev–Trinajstić information content (AvgIpc) is 2.81. The summed E-state index contributed by atoms with van der Waals surface area (Å²) in [5.74, 6) is 0.0738. The molecule has 2 aromatic rings. The fourth-order valence-electron chi connectivity index (χ4n) is 4.93. The first-order valence-corrected chi connectivity index (χ1v) is 10.7. The number of Topliss-reactive ketones (excluding diaryl/α,β-unsaturated/α-hetero) is 1. The maximum Gasteiger partial charge on any atom is 0.332 e. The number of rotatable bonds is 2. The van der Waals surface area contributed by atoms with Crippen molar-refractivity contribution in [1.29, 1.82) is 0 Å². The molecule has 2 aliphatic heterocycles. The van der Waals surface area contributed by atoms with E-state index in [0.29, 0.717) is 36.6 Å². The summed E-state index contributed by atoms with van der Waals surface area (Å²) < 4.78 is 8.02. The predicted molar refractivity (Wildman–Crippen MR) is 118 cm³/mol. The molecule has 0 saturated carbocycles. The molecule has 1 N–H and O–H groups in total. The zero-order chi connectivity index (χ0) is 21.7. The minimum atomic E-state index is -0.483. The molecule has 3 heterocycles. The van der Waals surface area contributed by atoms with E-state index in [0.717, 1.165) is 47.4 Å². The van der Waals surface area contributed by atoms with Crippen LogP contribution in [0.1, 0.15) is 36.3 Å². The molecule has 5 rings (SSSR count). The van der Waals surface area contributed by atoms with Gasteiger partial charge in [0.15, 0.2) is 5.78 Å². The van der Waals surface area contributed by atoms with Crippen LogP contribution in [0.5, 0.6) is 0 Å². The normalized spacial score (nSPS) is 20.9. The first kappa shape index (κ1) is 19.8. The van der Waals surface area contributed by atoms with Crippen molar-refractivity contribution in [2.45, 2.75) is 25.2 Å². The molecule has 0 spiro atoms. The van der Waals surface area contributed by atoms with Crippen LogP contribution in [0, 0.1) is 0 Å². The first-order valence-electron chi connectivity index (χ1n) is 10.7. The molecule has 0 amide bonds. The summed E-state index contributed by atoms with van der Waals surface area (Å²) in [6.07, 6.45) is 1.97. The second-order valence-corrected chi connectivity index (χ2v) is 8.39. The van der Waals surface area contributed by atoms with Gasteiger partial charge in [0.1, 0.15) is 5.82 Å². The van der Waals surface area contributed by atoms with Gasteiger partial charge < -0.3 is 15.0 Å². The number of ketones is 1. The zero-order valence-corrected chi connectivity index (χ0v) is 17.8. The molecule has 162 valence electrons. The van der Waals surface area contributed by atoms with Gasteiger partial charge in [-0.3, -0.25) is 18.7 Å². The molecule has 1 saturated heterocycles. The number of aromatic nitrogens is 2. The maximum absolute atomic E-state index is 13.2. The third kappa shape index (κ3) is 3.13. The summed E-state index contributed by atoms with van der Waals surface area (Å²) >= 11 is 0. The van der Waals surface area contributed by atoms with Crippen LogP contribution in [0.15, 0.2) is 45.1 Å². The van der Waals surface area contributed by atoms with Crippen molar-refractivity contribution in [3.8, 4) is 0 Å². The zero-order valence-electron chi connectivity index (χ0n) is 17.8. The Morgan fingerprint density at radius 1 is 0.968 bits per heavy atom. The van der Waals surface area contributed by atoms with E-state index in [1.165, 1.54) is 11.6 Å². The Balaban J connectivity index is 1.67. The Kier molecular flexibility index (Phi) is 4.81. The van der Waals surface area contributed by atoms with E-state index in [9.17, 15) is 14.4 Å². The van der Waals surface area contributed by atoms with Crippen LogP contribution in [0.4, 0.5) is 11.5 Å². The summed E-state index contributed by atoms with van der Waals surface area (Å²) in [5.41, 5.74) is 3.18. The van der Waals surface area contributed by atoms with Gasteiger partial charge in [0.05, 0.1) is 18.8 Å². The molecule has 0 bridgehead atoms. The fraction of sp³-hybridized carbons (Fsp3) is 0.435. The van der Waals surface area contributed by atoms with E-state index in [4.69, 9.17) is 4.74 Å². The Bertz CT molecular complexity index is 1200. The largest absolute Gasteiger partial charge is 0.378 e. The number of anilines is 2. The number of carbonyl (C=O) groups excluding carboxylic acids is 1. The van der Waals surface area contributed by atoms with Crippen LogP contribution in [0.3, 0.4) is 0 Å². The Labute approximate surface area is 179 Å². The molecule has 1 atom stereocenters. The van der Waals surface area contributed by atoms with Gasteiger partial charge in [-0.25, -0.2) is 4.79 Å². The summed E-state index contributed by atoms with van der Waals surface area (Å²) in [7, 11) is 3.14. The number of nitrogens with zero attached hydrogens (tertiary/aromatic N) is 3. The van der Waals surface area contributed by atoms with E-state index in [1.54, 1.807) is 7.05 Å². The molecule has 1 aromatic carbocycles. The molecular formula is C23H26N4O4. The second kappa shape index (κ2) is 7.53. The van der Waals surface area contributed by atoms with Crippen molar-refractivity contribution >= 4 is 17.3 Å². The minimum absolute atomic E-state index is 0.0672. The lowest BCUT2D eigenvalue weighted by atomic mass is 9.76. The summed E-state index contributed by atoms with van der Waals surface area (Å²) in [5, 5.41) is 3.26. The lowest BCUT2D eigenvalue weighted by molar-refractivity contribution is -0.116. The highest BCUT2D eigenvalue weighted by atomic mass is 16.5. The van der Waals surface area contributed by atoms with Crippen LogP contribution < -0.4 is 21.5 Å². The molecule has 1 fully saturated rings. The molecule has 3 aliphatic rings. The van der Waals surface area contributed by atoms with Crippen molar-refractivity contribution in [3.63, 3.8) is 0 Å². The average molecular weight is 422 g/mol. The number of fused-ring (bicyclic) bond motifs is 1. The SMILES string of the molecule is Cn1c2c(c(=O)n(C)c1=O)C(c1ccc(N3CCOCC3)cc1)C1=C(CCCC1=O)N2. The van der Waals surface area contributed by atoms with Crippen LogP contribution in [0.2, 0.25) is 0 Å². The molecule has 1 unspecified atom stereocenters. The smallest absolute Gasteiger partial charge is 0.332 e. The van der Waals surface area contributed by atoms with Crippen molar-refractivity contribution in [2.24, 2.45) is 14.1 Å². The standard InChI is InChI=1S/C23H26N4O4/c1-25-21-20(22(29)26(2)23(25)30)18(19-16(24-21)4-3-5-17(19)28)14-6-8-15(9-7-14)27-10-12-31-13-11-27/h6-9,18,24H,3-5,10-13H2,1-2H3. The number of benzene rings is 1. The highest BCUT2D eigenvalue weighted by Gasteiger charge is 2.38. The van der Waals surface area contributed by atoms with Gasteiger partial charge in [0.2, 0.25) is 0 Å². The van der Waals surface area contributed by atoms with Gasteiger partial charge in [-0.1, -0.05) is 12.1 Å². The Hall–Kier alpha value is -3.13. The number of nitrogens with one attached hydrogen (secondary N) is 1. The Morgan fingerprint density at radius 3 is 2.39 bits per heavy atom. The molecule has 8 nitrogen and oxygen atoms in total. The van der Waals surface area contributed by atoms with Crippen molar-refractivity contribution in [3.05, 3.63) is 67.5 Å². The van der Waals surface area contributed by atoms with Crippen molar-refractivity contribution in [2.75, 3.05) is 36.5 Å². The van der Waals surface area contributed by atoms with E-state index < -0.39 is 5.92 Å². The number of allylic oxidation sites excluding steroid dienone is 2. The molecule has 0 radical (unpaired) electrons. The number of ether oxygens (including phenoxy) is 1. The first-order chi connectivity index (χ1) is 15.0. The maximum atomic E-state index is 13.2.